The topological polar surface area (TPSA) is 374 Å². The standard InChI is InChI=1S/C36H46N6O4S2.C19H24BrN3OS2.C18H22BrN3O2S2.C17H23N3O3.C7H13NO4.CH3F/c1-20(2)22(5)34(43)42-14-8-10-28(42)33-38-19-26(39-33)29-17-31-30(48-29)16-24(47-31)12-11-23-15-25(37-18-23)27-9-7-13-41(27)35(44)32(21(3)4)40-36(45)46-6;1-10(2)11(3)19(24)23-6-4-5-13(23)18-21-9-12(22-18)14-7-15-16(25-14)8-17(20)26-15;1-18(2,3)24-17(23)22-6-4-5-11(22)16-20-9-10(21-16)12-7-13-14(25-12)8-15(19)26-13;1-5-12-9-13(18-10-12)14-7-6-8-20(14)16(21)15(11(2)3)19-17(22)23-4;1-4(2)5(6(9)10)8-7(11)12-3;1-2/h16-22,27-28,30-32H,7-10,13-15H2,1-6H3,(H,38,39)(H,40,45);7-11,13,15-16H,4-6H2,1-3H3,(H,21,22);7-9,11,13-14H,4-6H2,1-3H3,(H,20,21);1,10-11,14-15H,6-9H2,2-4H3,(H,19,22);4-5H,1-3H3,(H,8,11)(H,9,10);1H3/t22-,27-,28-,30?,31?,32?;11-,13-,15?,16?;11-,13?,14?;14-,15?;5-;/m00000./s1/i;;;;;1D. The highest BCUT2D eigenvalue weighted by Crippen LogP contribution is 2.55. The number of imidazole rings is 3. The van der Waals surface area contributed by atoms with E-state index in [1.807, 2.05) is 166 Å². The molecule has 137 heavy (non-hydrogen) atoms. The fraction of sp³-hybridized carbons (Fsp3) is 0.592. The number of halogens is 3. The lowest BCUT2D eigenvalue weighted by molar-refractivity contribution is -0.140. The van der Waals surface area contributed by atoms with Crippen LogP contribution in [0.15, 0.2) is 101 Å². The number of rotatable bonds is 21. The number of alkyl carbamates (subject to hydrolysis) is 3. The smallest absolute Gasteiger partial charge is 0.410 e. The predicted molar refractivity (Wildman–Crippen MR) is 554 cm³/mol. The van der Waals surface area contributed by atoms with Crippen molar-refractivity contribution in [3.05, 3.63) is 126 Å². The van der Waals surface area contributed by atoms with Crippen LogP contribution in [0.5, 0.6) is 0 Å². The first-order chi connectivity index (χ1) is 65.6. The molecule has 0 radical (unpaired) electrons. The van der Waals surface area contributed by atoms with Crippen LogP contribution in [0.3, 0.4) is 0 Å². The third kappa shape index (κ3) is 27.8. The van der Waals surface area contributed by atoms with E-state index in [9.17, 15) is 47.5 Å². The molecule has 0 bridgehead atoms. The van der Waals surface area contributed by atoms with Crippen LogP contribution in [0.2, 0.25) is 0 Å². The number of aromatic amines is 3. The summed E-state index contributed by atoms with van der Waals surface area (Å²) in [6, 6.07) is -2.19. The first-order valence-corrected chi connectivity index (χ1v) is 53.6. The van der Waals surface area contributed by atoms with Crippen molar-refractivity contribution in [3.8, 4) is 24.2 Å². The number of aromatic nitrogens is 6. The number of nitrogens with one attached hydrogen (secondary N) is 6. The summed E-state index contributed by atoms with van der Waals surface area (Å²) in [4.78, 5) is 157. The van der Waals surface area contributed by atoms with Crippen molar-refractivity contribution in [2.24, 2.45) is 51.4 Å². The number of ether oxygens (including phenoxy) is 4. The van der Waals surface area contributed by atoms with E-state index in [4.69, 9.17) is 32.4 Å². The van der Waals surface area contributed by atoms with E-state index < -0.39 is 55.1 Å². The molecule has 16 heterocycles. The number of carboxylic acids is 1. The van der Waals surface area contributed by atoms with Gasteiger partial charge in [-0.2, -0.15) is 0 Å². The van der Waals surface area contributed by atoms with Crippen LogP contribution in [0, 0.1) is 65.6 Å². The minimum Gasteiger partial charge on any atom is -0.480 e. The second-order valence-electron chi connectivity index (χ2n) is 38.0. The second kappa shape index (κ2) is 49.7. The first-order valence-electron chi connectivity index (χ1n) is 47.5. The molecule has 13 aliphatic heterocycles. The van der Waals surface area contributed by atoms with Crippen molar-refractivity contribution in [1.29, 1.82) is 0 Å². The van der Waals surface area contributed by atoms with Gasteiger partial charge >= 0.3 is 30.3 Å². The number of hydrogen-bond acceptors (Lipinski definition) is 24. The highest BCUT2D eigenvalue weighted by molar-refractivity contribution is 9.14. The quantitative estimate of drug-likeness (QED) is 0.0385. The van der Waals surface area contributed by atoms with Gasteiger partial charge in [0.1, 0.15) is 41.2 Å². The van der Waals surface area contributed by atoms with Crippen LogP contribution in [-0.2, 0) is 42.9 Å². The molecule has 0 aliphatic carbocycles. The number of methoxy groups -OCH3 is 3. The molecule has 13 aliphatic rings. The van der Waals surface area contributed by atoms with Crippen molar-refractivity contribution in [2.45, 2.75) is 266 Å². The van der Waals surface area contributed by atoms with E-state index in [1.165, 1.54) is 43.7 Å². The van der Waals surface area contributed by atoms with Crippen molar-refractivity contribution in [1.82, 2.24) is 70.4 Å². The monoisotopic (exact) mass is 2130 g/mol. The van der Waals surface area contributed by atoms with E-state index >= 15 is 0 Å². The molecule has 744 valence electrons. The van der Waals surface area contributed by atoms with Crippen LogP contribution in [0.25, 0.3) is 14.7 Å². The van der Waals surface area contributed by atoms with Crippen LogP contribution in [0.4, 0.5) is 23.6 Å². The summed E-state index contributed by atoms with van der Waals surface area (Å²) in [5.41, 5.74) is 6.34. The molecule has 5 saturated heterocycles. The Labute approximate surface area is 848 Å². The minimum atomic E-state index is -1.06. The SMILES string of the molecule is C#CC1=CN=C([C@@H]2CCCN2C(=O)C(NC(=O)OC)C(C)C)C1.CC(C)(C)OC(=O)N1CCC[C@H]1c1ncc(C2=CC3SC(Br)=CC3S2)[nH]1.CC(C)[C@H](C)C(=O)N1CCC[C@H]1c1ncc(C2=CC3SC(Br)=CC3S2)[nH]1.COC(=O)NC(C(=O)N1CCC[C@H]1C1=NC=C(C#CC2=CC3SC(c4cnc([C@@H]5CCCN5C(=O)[C@@H](C)C(C)C)[nH]4)=CC3S2)C1)C(C)C.COC(=O)N[C@H](C(=O)O)C(C)C.[2H]CF. The third-order valence-electron chi connectivity index (χ3n) is 25.7. The van der Waals surface area contributed by atoms with Crippen molar-refractivity contribution in [2.75, 3.05) is 61.2 Å². The van der Waals surface area contributed by atoms with Gasteiger partial charge in [-0.05, 0) is 165 Å². The zero-order valence-corrected chi connectivity index (χ0v) is 89.2. The number of carbonyl (C=O) groups excluding carboxylic acids is 8. The number of hydrogen-bond donors (Lipinski definition) is 7. The van der Waals surface area contributed by atoms with Crippen LogP contribution in [0.1, 0.15) is 235 Å². The molecular weight excluding hydrogens is 2000 g/mol. The zero-order chi connectivity index (χ0) is 100. The number of likely N-dealkylation sites (tertiary alicyclic amines) is 5. The zero-order valence-electron chi connectivity index (χ0n) is 82.1. The molecule has 0 aromatic carbocycles. The molecule has 7 N–H and O–H groups in total. The maximum absolute atomic E-state index is 13.5. The van der Waals surface area contributed by atoms with Gasteiger partial charge in [-0.3, -0.25) is 38.5 Å². The number of aliphatic imine (C=N–C) groups is 2. The van der Waals surface area contributed by atoms with Gasteiger partial charge in [-0.1, -0.05) is 119 Å². The van der Waals surface area contributed by atoms with E-state index in [1.54, 1.807) is 36.7 Å². The second-order valence-corrected chi connectivity index (χ2v) is 48.0. The Morgan fingerprint density at radius 2 is 0.803 bits per heavy atom. The van der Waals surface area contributed by atoms with Crippen LogP contribution in [-0.4, -0.2) is 253 Å². The Balaban J connectivity index is 0.000000175. The van der Waals surface area contributed by atoms with E-state index in [-0.39, 0.29) is 89.5 Å². The van der Waals surface area contributed by atoms with Gasteiger partial charge in [0.2, 0.25) is 23.6 Å². The summed E-state index contributed by atoms with van der Waals surface area (Å²) in [5, 5.41) is 18.8. The van der Waals surface area contributed by atoms with Gasteiger partial charge < -0.3 is 74.6 Å². The lowest BCUT2D eigenvalue weighted by Crippen LogP contribution is -2.53. The summed E-state index contributed by atoms with van der Waals surface area (Å²) in [7, 11) is 2.78. The summed E-state index contributed by atoms with van der Waals surface area (Å²) < 4.78 is 37.2. The lowest BCUT2D eigenvalue weighted by atomic mass is 9.96. The highest BCUT2D eigenvalue weighted by atomic mass is 79.9. The molecule has 5 fully saturated rings. The molecule has 3 aromatic rings. The Hall–Kier alpha value is -8.57. The molecule has 30 nitrogen and oxygen atoms in total. The molecule has 3 aromatic heterocycles. The Morgan fingerprint density at radius 3 is 1.14 bits per heavy atom. The van der Waals surface area contributed by atoms with Crippen LogP contribution >= 0.6 is 102 Å². The van der Waals surface area contributed by atoms with Crippen LogP contribution < -0.4 is 16.0 Å². The van der Waals surface area contributed by atoms with Gasteiger partial charge in [0.15, 0.2) is 0 Å². The lowest BCUT2D eigenvalue weighted by Gasteiger charge is -2.31. The Kier molecular flexibility index (Phi) is 38.9. The number of nitrogens with zero attached hydrogens (tertiary/aromatic N) is 10. The first kappa shape index (κ1) is 107. The molecular formula is C98H131Br2FN16O14S6. The summed E-state index contributed by atoms with van der Waals surface area (Å²) >= 11 is 18.3. The number of alkyl halides is 1. The van der Waals surface area contributed by atoms with Gasteiger partial charge in [-0.25, -0.2) is 38.9 Å². The number of thioether (sulfide) groups is 6. The van der Waals surface area contributed by atoms with Crippen molar-refractivity contribution in [3.63, 3.8) is 0 Å². The number of allylic oxidation sites excluding steroid dienone is 3. The van der Waals surface area contributed by atoms with Gasteiger partial charge in [-0.15, -0.1) is 77.0 Å². The molecule has 39 heteroatoms. The predicted octanol–water partition coefficient (Wildman–Crippen LogP) is 19.1. The number of carbonyl (C=O) groups is 9. The Morgan fingerprint density at radius 1 is 0.474 bits per heavy atom. The maximum Gasteiger partial charge on any atom is 0.410 e. The average Bonchev–Trinajstić information content (AvgIpc) is 1.62. The Bertz CT molecular complexity index is 5370. The largest absolute Gasteiger partial charge is 0.480 e. The molecule has 0 spiro atoms. The number of carboxylic acid groups (broad SMARTS) is 1. The minimum absolute atomic E-state index is 0.00215. The number of amides is 8. The van der Waals surface area contributed by atoms with Crippen molar-refractivity contribution >= 4 is 183 Å². The van der Waals surface area contributed by atoms with Gasteiger partial charge in [0.25, 0.3) is 0 Å². The average molecular weight is 2130 g/mol. The number of H-pyrrole nitrogens is 3. The van der Waals surface area contributed by atoms with E-state index in [0.29, 0.717) is 75.8 Å². The fourth-order valence-electron chi connectivity index (χ4n) is 17.7. The summed E-state index contributed by atoms with van der Waals surface area (Å²) in [5.74, 6) is 11.7. The number of terminal acetylenes is 1. The highest BCUT2D eigenvalue weighted by Gasteiger charge is 2.45. The van der Waals surface area contributed by atoms with E-state index in [2.05, 4.69) is 169 Å². The van der Waals surface area contributed by atoms with Gasteiger partial charge in [0.05, 0.1) is 101 Å². The summed E-state index contributed by atoms with van der Waals surface area (Å²) in [6.45, 7) is 32.9. The third-order valence-corrected chi connectivity index (χ3v) is 35.1. The molecule has 0 saturated carbocycles. The molecule has 8 amide bonds. The molecule has 8 unspecified atom stereocenters. The normalized spacial score (nSPS) is 24.8. The van der Waals surface area contributed by atoms with E-state index in [0.717, 1.165) is 139 Å². The molecule has 16 atom stereocenters. The maximum atomic E-state index is 13.5. The van der Waals surface area contributed by atoms with Gasteiger partial charge in [0, 0.05) is 146 Å². The van der Waals surface area contributed by atoms with Crippen molar-refractivity contribution < 1.29 is 73.0 Å². The number of fused-ring (bicyclic) bond motifs is 3. The summed E-state index contributed by atoms with van der Waals surface area (Å²) in [6.07, 6.45) is 36.9. The fourth-order valence-corrected chi connectivity index (χ4v) is 27.7. The number of aliphatic carboxylic acids is 1. The molecule has 16 rings (SSSR count).